The van der Waals surface area contributed by atoms with Crippen LogP contribution in [0.15, 0.2) is 30.9 Å². The molecule has 94 valence electrons. The third-order valence-electron chi connectivity index (χ3n) is 2.29. The second-order valence-corrected chi connectivity index (χ2v) is 3.47. The topological polar surface area (TPSA) is 89.4 Å². The molecule has 6 heteroatoms. The first-order valence-corrected chi connectivity index (χ1v) is 4.90. The van der Waals surface area contributed by atoms with Gasteiger partial charge in [0.25, 0.3) is 5.69 Å². The number of phenols is 1. The number of halogens is 1. The molecular weight excluding hydrogens is 244 g/mol. The Morgan fingerprint density at radius 3 is 2.76 bits per heavy atom. The minimum Gasteiger partial charge on any atom is -0.508 e. The van der Waals surface area contributed by atoms with Gasteiger partial charge in [-0.3, -0.25) is 10.1 Å². The van der Waals surface area contributed by atoms with Crippen molar-refractivity contribution in [1.82, 2.24) is 0 Å². The molecule has 17 heavy (non-hydrogen) atoms. The van der Waals surface area contributed by atoms with Crippen molar-refractivity contribution in [3.63, 3.8) is 0 Å². The van der Waals surface area contributed by atoms with Crippen LogP contribution < -0.4 is 5.73 Å². The lowest BCUT2D eigenvalue weighted by Crippen LogP contribution is -2.12. The van der Waals surface area contributed by atoms with Gasteiger partial charge in [0, 0.05) is 12.1 Å². The van der Waals surface area contributed by atoms with Crippen molar-refractivity contribution >= 4 is 18.1 Å². The molecule has 3 N–H and O–H groups in total. The number of hydrogen-bond donors (Lipinski definition) is 2. The maximum atomic E-state index is 10.8. The first-order chi connectivity index (χ1) is 7.56. The van der Waals surface area contributed by atoms with Gasteiger partial charge in [0.1, 0.15) is 5.75 Å². The van der Waals surface area contributed by atoms with Gasteiger partial charge in [-0.15, -0.1) is 19.0 Å². The molecule has 1 rings (SSSR count). The van der Waals surface area contributed by atoms with Crippen LogP contribution in [0.4, 0.5) is 5.69 Å². The zero-order chi connectivity index (χ0) is 12.1. The fourth-order valence-electron chi connectivity index (χ4n) is 1.46. The average molecular weight is 259 g/mol. The molecule has 0 amide bonds. The molecule has 0 heterocycles. The van der Waals surface area contributed by atoms with Gasteiger partial charge in [0.15, 0.2) is 0 Å². The number of phenolic OH excluding ortho intramolecular Hbond substituents is 1. The second-order valence-electron chi connectivity index (χ2n) is 3.47. The van der Waals surface area contributed by atoms with E-state index in [1.54, 1.807) is 6.08 Å². The van der Waals surface area contributed by atoms with Crippen molar-refractivity contribution in [2.45, 2.75) is 18.9 Å². The van der Waals surface area contributed by atoms with Gasteiger partial charge in [-0.1, -0.05) is 6.08 Å². The van der Waals surface area contributed by atoms with Crippen molar-refractivity contribution in [2.75, 3.05) is 0 Å². The van der Waals surface area contributed by atoms with Gasteiger partial charge in [0.2, 0.25) is 0 Å². The minimum atomic E-state index is -0.497. The van der Waals surface area contributed by atoms with Crippen molar-refractivity contribution in [1.29, 1.82) is 0 Å². The fourth-order valence-corrected chi connectivity index (χ4v) is 1.46. The molecule has 5 nitrogen and oxygen atoms in total. The summed E-state index contributed by atoms with van der Waals surface area (Å²) in [6.45, 7) is 3.56. The smallest absolute Gasteiger partial charge is 0.274 e. The number of nitro benzene ring substituents is 1. The Morgan fingerprint density at radius 1 is 1.59 bits per heavy atom. The third kappa shape index (κ3) is 4.05. The van der Waals surface area contributed by atoms with E-state index in [2.05, 4.69) is 6.58 Å². The standard InChI is InChI=1S/C11H14N2O3.ClH/c1-2-3-4-10(12)9-7-8(14)5-6-11(9)13(15)16;/h2,5-7,10,14H,1,3-4,12H2;1H/t10-;/m0./s1. The van der Waals surface area contributed by atoms with Crippen LogP contribution in [0.2, 0.25) is 0 Å². The molecule has 0 spiro atoms. The van der Waals surface area contributed by atoms with Crippen LogP contribution in [0.3, 0.4) is 0 Å². The number of nitrogens with zero attached hydrogens (tertiary/aromatic N) is 1. The molecule has 1 atom stereocenters. The quantitative estimate of drug-likeness (QED) is 0.483. The Bertz CT molecular complexity index is 410. The predicted molar refractivity (Wildman–Crippen MR) is 68.4 cm³/mol. The summed E-state index contributed by atoms with van der Waals surface area (Å²) in [7, 11) is 0. The van der Waals surface area contributed by atoms with Crippen molar-refractivity contribution in [3.05, 3.63) is 46.5 Å². The Kier molecular flexibility index (Phi) is 6.23. The molecular formula is C11H15ClN2O3. The summed E-state index contributed by atoms with van der Waals surface area (Å²) in [5, 5.41) is 20.1. The first kappa shape index (κ1) is 15.4. The van der Waals surface area contributed by atoms with Crippen LogP contribution in [-0.2, 0) is 0 Å². The second kappa shape index (κ2) is 6.88. The molecule has 0 fully saturated rings. The number of rotatable bonds is 5. The largest absolute Gasteiger partial charge is 0.508 e. The lowest BCUT2D eigenvalue weighted by Gasteiger charge is -2.11. The highest BCUT2D eigenvalue weighted by molar-refractivity contribution is 5.85. The Labute approximate surface area is 106 Å². The first-order valence-electron chi connectivity index (χ1n) is 4.90. The Morgan fingerprint density at radius 2 is 2.24 bits per heavy atom. The van der Waals surface area contributed by atoms with Crippen LogP contribution in [-0.4, -0.2) is 10.0 Å². The summed E-state index contributed by atoms with van der Waals surface area (Å²) in [5.41, 5.74) is 6.12. The van der Waals surface area contributed by atoms with E-state index in [-0.39, 0.29) is 23.8 Å². The number of allylic oxidation sites excluding steroid dienone is 1. The van der Waals surface area contributed by atoms with E-state index in [4.69, 9.17) is 5.73 Å². The maximum Gasteiger partial charge on any atom is 0.274 e. The van der Waals surface area contributed by atoms with Gasteiger partial charge in [-0.2, -0.15) is 0 Å². The number of aromatic hydroxyl groups is 1. The summed E-state index contributed by atoms with van der Waals surface area (Å²) in [4.78, 5) is 10.3. The summed E-state index contributed by atoms with van der Waals surface area (Å²) < 4.78 is 0. The predicted octanol–water partition coefficient (Wildman–Crippen LogP) is 2.69. The molecule has 0 aromatic heterocycles. The zero-order valence-corrected chi connectivity index (χ0v) is 10.0. The average Bonchev–Trinajstić information content (AvgIpc) is 2.25. The van der Waals surface area contributed by atoms with Crippen LogP contribution in [0, 0.1) is 10.1 Å². The zero-order valence-electron chi connectivity index (χ0n) is 9.20. The number of hydrogen-bond acceptors (Lipinski definition) is 4. The summed E-state index contributed by atoms with van der Waals surface area (Å²) in [5.74, 6) is -0.0188. The minimum absolute atomic E-state index is 0. The van der Waals surface area contributed by atoms with E-state index < -0.39 is 11.0 Å². The number of nitro groups is 1. The molecule has 0 aliphatic heterocycles. The van der Waals surface area contributed by atoms with Crippen molar-refractivity contribution in [3.8, 4) is 5.75 Å². The van der Waals surface area contributed by atoms with Crippen molar-refractivity contribution < 1.29 is 10.0 Å². The van der Waals surface area contributed by atoms with E-state index in [0.29, 0.717) is 18.4 Å². The van der Waals surface area contributed by atoms with Crippen molar-refractivity contribution in [2.24, 2.45) is 5.73 Å². The molecule has 0 aliphatic carbocycles. The maximum absolute atomic E-state index is 10.8. The summed E-state index contributed by atoms with van der Waals surface area (Å²) in [6.07, 6.45) is 2.94. The van der Waals surface area contributed by atoms with Gasteiger partial charge < -0.3 is 10.8 Å². The van der Waals surface area contributed by atoms with E-state index in [0.717, 1.165) is 0 Å². The Balaban J connectivity index is 0.00000256. The van der Waals surface area contributed by atoms with Gasteiger partial charge >= 0.3 is 0 Å². The van der Waals surface area contributed by atoms with E-state index in [1.807, 2.05) is 0 Å². The van der Waals surface area contributed by atoms with Crippen LogP contribution in [0.25, 0.3) is 0 Å². The van der Waals surface area contributed by atoms with Crippen LogP contribution in [0.1, 0.15) is 24.4 Å². The molecule has 0 radical (unpaired) electrons. The Hall–Kier alpha value is -1.59. The summed E-state index contributed by atoms with van der Waals surface area (Å²) >= 11 is 0. The molecule has 0 saturated heterocycles. The number of benzene rings is 1. The lowest BCUT2D eigenvalue weighted by atomic mass is 10.0. The van der Waals surface area contributed by atoms with E-state index in [9.17, 15) is 15.2 Å². The van der Waals surface area contributed by atoms with Gasteiger partial charge in [-0.25, -0.2) is 0 Å². The van der Waals surface area contributed by atoms with E-state index in [1.165, 1.54) is 18.2 Å². The summed E-state index contributed by atoms with van der Waals surface area (Å²) in [6, 6.07) is 3.41. The SMILES string of the molecule is C=CCC[C@H](N)c1cc(O)ccc1[N+](=O)[O-].Cl. The lowest BCUT2D eigenvalue weighted by molar-refractivity contribution is -0.385. The normalized spacial score (nSPS) is 11.4. The molecule has 1 aromatic rings. The highest BCUT2D eigenvalue weighted by Gasteiger charge is 2.19. The molecule has 1 aromatic carbocycles. The fraction of sp³-hybridized carbons (Fsp3) is 0.273. The number of nitrogens with two attached hydrogens (primary N) is 1. The molecule has 0 unspecified atom stereocenters. The monoisotopic (exact) mass is 258 g/mol. The molecule has 0 aliphatic rings. The molecule has 0 saturated carbocycles. The van der Waals surface area contributed by atoms with E-state index >= 15 is 0 Å². The van der Waals surface area contributed by atoms with Crippen LogP contribution in [0.5, 0.6) is 5.75 Å². The highest BCUT2D eigenvalue weighted by atomic mass is 35.5. The highest BCUT2D eigenvalue weighted by Crippen LogP contribution is 2.29. The molecule has 0 bridgehead atoms. The third-order valence-corrected chi connectivity index (χ3v) is 2.29. The van der Waals surface area contributed by atoms with Gasteiger partial charge in [-0.05, 0) is 25.0 Å². The van der Waals surface area contributed by atoms with Crippen LogP contribution >= 0.6 is 12.4 Å². The van der Waals surface area contributed by atoms with Gasteiger partial charge in [0.05, 0.1) is 10.5 Å².